The van der Waals surface area contributed by atoms with E-state index in [4.69, 9.17) is 14.8 Å². The first kappa shape index (κ1) is 22.9. The second-order valence-corrected chi connectivity index (χ2v) is 9.93. The first-order valence-electron chi connectivity index (χ1n) is 10.5. The van der Waals surface area contributed by atoms with Gasteiger partial charge in [-0.25, -0.2) is 9.59 Å². The number of halogens is 3. The van der Waals surface area contributed by atoms with Crippen molar-refractivity contribution in [1.82, 2.24) is 0 Å². The number of nitrogens with zero attached hydrogens (tertiary/aromatic N) is 2. The maximum Gasteiger partial charge on any atom is 0.417 e. The summed E-state index contributed by atoms with van der Waals surface area (Å²) in [4.78, 5) is 26.2. The zero-order valence-electron chi connectivity index (χ0n) is 18.7. The number of hydrogen-bond acceptors (Lipinski definition) is 5. The van der Waals surface area contributed by atoms with E-state index >= 15 is 0 Å². The van der Waals surface area contributed by atoms with Crippen LogP contribution in [0.2, 0.25) is 0 Å². The van der Waals surface area contributed by atoms with Gasteiger partial charge in [0.1, 0.15) is 17.2 Å². The molecule has 0 unspecified atom stereocenters. The van der Waals surface area contributed by atoms with Crippen LogP contribution in [0.3, 0.4) is 0 Å². The van der Waals surface area contributed by atoms with Crippen LogP contribution in [-0.4, -0.2) is 24.2 Å². The van der Waals surface area contributed by atoms with Crippen LogP contribution in [0.5, 0.6) is 0 Å². The minimum atomic E-state index is -4.99. The molecule has 0 spiro atoms. The summed E-state index contributed by atoms with van der Waals surface area (Å²) in [5.74, 6) is -1.73. The summed E-state index contributed by atoms with van der Waals surface area (Å²) in [6.45, 7) is 9.27. The highest BCUT2D eigenvalue weighted by Crippen LogP contribution is 2.53. The monoisotopic (exact) mass is 460 g/mol. The second-order valence-electron chi connectivity index (χ2n) is 9.93. The molecule has 0 bridgehead atoms. The zero-order valence-corrected chi connectivity index (χ0v) is 18.7. The van der Waals surface area contributed by atoms with E-state index in [9.17, 15) is 22.8 Å². The van der Waals surface area contributed by atoms with Crippen molar-refractivity contribution < 1.29 is 27.5 Å². The number of carbonyl (C=O) groups is 1. The molecule has 4 rings (SSSR count). The van der Waals surface area contributed by atoms with Crippen LogP contribution in [0.25, 0.3) is 17.0 Å². The molecule has 1 N–H and O–H groups in total. The second kappa shape index (κ2) is 7.11. The lowest BCUT2D eigenvalue weighted by Crippen LogP contribution is -2.45. The molecule has 0 saturated carbocycles. The lowest BCUT2D eigenvalue weighted by molar-refractivity contribution is -0.137. The van der Waals surface area contributed by atoms with Crippen LogP contribution >= 0.6 is 0 Å². The molecule has 174 valence electrons. The first-order chi connectivity index (χ1) is 15.2. The van der Waals surface area contributed by atoms with E-state index in [1.165, 1.54) is 12.1 Å². The third kappa shape index (κ3) is 3.48. The lowest BCUT2D eigenvalue weighted by Gasteiger charge is -2.48. The topological polar surface area (TPSA) is 94.5 Å². The van der Waals surface area contributed by atoms with E-state index in [0.29, 0.717) is 18.1 Å². The fourth-order valence-corrected chi connectivity index (χ4v) is 4.96. The van der Waals surface area contributed by atoms with Gasteiger partial charge in [0.2, 0.25) is 0 Å². The molecule has 1 aromatic carbocycles. The maximum absolute atomic E-state index is 14.4. The van der Waals surface area contributed by atoms with Crippen molar-refractivity contribution in [2.24, 2.45) is 0 Å². The van der Waals surface area contributed by atoms with Gasteiger partial charge in [0.15, 0.2) is 0 Å². The van der Waals surface area contributed by atoms with E-state index in [2.05, 4.69) is 4.90 Å². The minimum absolute atomic E-state index is 0.135. The standard InChI is InChI=1S/C24H23F3N2O4/c1-22(2)5-7-29-8-6-23(3,4)17-18(29)15(22)10-13-16(24(25,26)27)14(21(32)33-19(13)17)9-12(11-28)20(30)31/h9-10H,5-8H2,1-4H3,(H,30,31). The number of rotatable bonds is 2. The van der Waals surface area contributed by atoms with E-state index in [1.807, 2.05) is 27.7 Å². The molecule has 0 aliphatic carbocycles. The zero-order chi connectivity index (χ0) is 24.5. The number of alkyl halides is 3. The predicted octanol–water partition coefficient (Wildman–Crippen LogP) is 4.97. The number of anilines is 1. The van der Waals surface area contributed by atoms with E-state index in [-0.39, 0.29) is 11.0 Å². The van der Waals surface area contributed by atoms with Crippen LogP contribution in [0, 0.1) is 11.3 Å². The summed E-state index contributed by atoms with van der Waals surface area (Å²) in [6.07, 6.45) is -3.13. The van der Waals surface area contributed by atoms with Crippen LogP contribution in [0.1, 0.15) is 62.8 Å². The van der Waals surface area contributed by atoms with Gasteiger partial charge in [0.25, 0.3) is 0 Å². The molecule has 9 heteroatoms. The van der Waals surface area contributed by atoms with Gasteiger partial charge in [-0.1, -0.05) is 27.7 Å². The molecule has 1 aromatic heterocycles. The molecule has 0 amide bonds. The molecule has 3 heterocycles. The van der Waals surface area contributed by atoms with Crippen molar-refractivity contribution in [2.45, 2.75) is 57.5 Å². The summed E-state index contributed by atoms with van der Waals surface area (Å²) in [5.41, 5.74) is -3.58. The number of fused-ring (bicyclic) bond motifs is 2. The highest BCUT2D eigenvalue weighted by Gasteiger charge is 2.45. The summed E-state index contributed by atoms with van der Waals surface area (Å²) < 4.78 is 48.7. The Labute approximate surface area is 187 Å². The Morgan fingerprint density at radius 2 is 1.82 bits per heavy atom. The fraction of sp³-hybridized carbons (Fsp3) is 0.458. The smallest absolute Gasteiger partial charge is 0.417 e. The number of aliphatic carboxylic acids is 1. The molecule has 0 atom stereocenters. The van der Waals surface area contributed by atoms with Crippen LogP contribution < -0.4 is 10.5 Å². The summed E-state index contributed by atoms with van der Waals surface area (Å²) in [7, 11) is 0. The number of carboxylic acids is 1. The normalized spacial score (nSPS) is 19.2. The third-order valence-electron chi connectivity index (χ3n) is 6.86. The van der Waals surface area contributed by atoms with Crippen molar-refractivity contribution >= 4 is 28.7 Å². The number of hydrogen-bond donors (Lipinski definition) is 1. The van der Waals surface area contributed by atoms with Gasteiger partial charge < -0.3 is 14.4 Å². The van der Waals surface area contributed by atoms with E-state index in [0.717, 1.165) is 30.8 Å². The minimum Gasteiger partial charge on any atom is -0.477 e. The number of carboxylic acid groups (broad SMARTS) is 1. The Morgan fingerprint density at radius 1 is 1.21 bits per heavy atom. The van der Waals surface area contributed by atoms with Gasteiger partial charge in [-0.05, 0) is 41.4 Å². The van der Waals surface area contributed by atoms with Crippen molar-refractivity contribution in [1.29, 1.82) is 5.26 Å². The van der Waals surface area contributed by atoms with Crippen LogP contribution in [0.15, 0.2) is 20.9 Å². The fourth-order valence-electron chi connectivity index (χ4n) is 4.96. The van der Waals surface area contributed by atoms with Gasteiger partial charge in [-0.2, -0.15) is 18.4 Å². The molecule has 2 aliphatic heterocycles. The number of benzene rings is 1. The van der Waals surface area contributed by atoms with Gasteiger partial charge >= 0.3 is 17.8 Å². The Balaban J connectivity index is 2.26. The average Bonchev–Trinajstić information content (AvgIpc) is 2.68. The van der Waals surface area contributed by atoms with Gasteiger partial charge in [0, 0.05) is 29.7 Å². The first-order valence-corrected chi connectivity index (χ1v) is 10.5. The Morgan fingerprint density at radius 3 is 2.36 bits per heavy atom. The van der Waals surface area contributed by atoms with Crippen molar-refractivity contribution in [3.8, 4) is 6.07 Å². The van der Waals surface area contributed by atoms with Crippen molar-refractivity contribution in [3.05, 3.63) is 44.3 Å². The third-order valence-corrected chi connectivity index (χ3v) is 6.86. The average molecular weight is 460 g/mol. The molecule has 2 aromatic rings. The quantitative estimate of drug-likeness (QED) is 0.386. The highest BCUT2D eigenvalue weighted by molar-refractivity contribution is 5.99. The Bertz CT molecular complexity index is 1320. The largest absolute Gasteiger partial charge is 0.477 e. The molecule has 6 nitrogen and oxygen atoms in total. The Kier molecular flexibility index (Phi) is 4.93. The SMILES string of the molecule is CC1(C)CCN2CCC(C)(C)c3c2c1cc1c(C(F)(F)F)c(C=C(C#N)C(=O)O)c(=O)oc31. The maximum atomic E-state index is 14.4. The molecular formula is C24H23F3N2O4. The van der Waals surface area contributed by atoms with Gasteiger partial charge in [-0.3, -0.25) is 0 Å². The summed E-state index contributed by atoms with van der Waals surface area (Å²) >= 11 is 0. The molecular weight excluding hydrogens is 437 g/mol. The summed E-state index contributed by atoms with van der Waals surface area (Å²) in [5, 5.41) is 17.9. The van der Waals surface area contributed by atoms with Crippen molar-refractivity contribution in [2.75, 3.05) is 18.0 Å². The van der Waals surface area contributed by atoms with E-state index in [1.54, 1.807) is 0 Å². The highest BCUT2D eigenvalue weighted by atomic mass is 19.4. The lowest BCUT2D eigenvalue weighted by atomic mass is 9.69. The molecule has 0 radical (unpaired) electrons. The molecule has 2 aliphatic rings. The van der Waals surface area contributed by atoms with Crippen molar-refractivity contribution in [3.63, 3.8) is 0 Å². The van der Waals surface area contributed by atoms with Gasteiger partial charge in [-0.15, -0.1) is 0 Å². The van der Waals surface area contributed by atoms with E-state index < -0.39 is 45.3 Å². The molecule has 0 fully saturated rings. The molecule has 0 saturated heterocycles. The molecule has 33 heavy (non-hydrogen) atoms. The van der Waals surface area contributed by atoms with Gasteiger partial charge in [0.05, 0.1) is 11.1 Å². The Hall–Kier alpha value is -3.28. The van der Waals surface area contributed by atoms with Crippen LogP contribution in [0.4, 0.5) is 18.9 Å². The number of nitriles is 1. The summed E-state index contributed by atoms with van der Waals surface area (Å²) in [6, 6.07) is 2.75. The predicted molar refractivity (Wildman–Crippen MR) is 116 cm³/mol. The van der Waals surface area contributed by atoms with Crippen LogP contribution in [-0.2, 0) is 21.8 Å².